The SMILES string of the molecule is CC(C)=CCc1c(O)cc2oc(C)cc(=O)c2c1O.O=c1c(O)c(-c2ccc(O)c(O)c2)oc2cc(O)ccc12. The van der Waals surface area contributed by atoms with Gasteiger partial charge in [-0.25, -0.2) is 0 Å². The average Bonchev–Trinajstić information content (AvgIpc) is 2.87. The molecule has 2 aromatic heterocycles. The third kappa shape index (κ3) is 5.41. The lowest BCUT2D eigenvalue weighted by atomic mass is 10.0. The van der Waals surface area contributed by atoms with Gasteiger partial charge in [-0.2, -0.15) is 0 Å². The van der Waals surface area contributed by atoms with E-state index in [9.17, 15) is 40.2 Å². The minimum Gasteiger partial charge on any atom is -0.508 e. The van der Waals surface area contributed by atoms with E-state index < -0.39 is 16.9 Å². The monoisotopic (exact) mass is 546 g/mol. The van der Waals surface area contributed by atoms with E-state index >= 15 is 0 Å². The Balaban J connectivity index is 0.000000186. The molecule has 0 amide bonds. The topological polar surface area (TPSA) is 182 Å². The van der Waals surface area contributed by atoms with Crippen molar-refractivity contribution in [3.05, 3.63) is 92.0 Å². The minimum absolute atomic E-state index is 0.0729. The largest absolute Gasteiger partial charge is 0.508 e. The molecule has 0 saturated heterocycles. The van der Waals surface area contributed by atoms with Gasteiger partial charge in [0, 0.05) is 29.3 Å². The van der Waals surface area contributed by atoms with Crippen molar-refractivity contribution in [2.24, 2.45) is 0 Å². The van der Waals surface area contributed by atoms with E-state index in [1.54, 1.807) is 6.92 Å². The van der Waals surface area contributed by atoms with Gasteiger partial charge >= 0.3 is 0 Å². The van der Waals surface area contributed by atoms with Crippen LogP contribution in [0.2, 0.25) is 0 Å². The summed E-state index contributed by atoms with van der Waals surface area (Å²) in [5.41, 5.74) is 0.944. The molecule has 2 heterocycles. The number of hydrogen-bond acceptors (Lipinski definition) is 10. The lowest BCUT2D eigenvalue weighted by molar-refractivity contribution is 0.403. The second-order valence-electron chi connectivity index (χ2n) is 9.30. The number of hydrogen-bond donors (Lipinski definition) is 6. The van der Waals surface area contributed by atoms with Gasteiger partial charge in [0.25, 0.3) is 0 Å². The third-order valence-electron chi connectivity index (χ3n) is 6.00. The Bertz CT molecular complexity index is 1910. The first-order valence-electron chi connectivity index (χ1n) is 12.0. The Morgan fingerprint density at radius 2 is 1.50 bits per heavy atom. The summed E-state index contributed by atoms with van der Waals surface area (Å²) in [4.78, 5) is 24.0. The van der Waals surface area contributed by atoms with Crippen molar-refractivity contribution in [1.82, 2.24) is 0 Å². The van der Waals surface area contributed by atoms with Gasteiger partial charge in [0.2, 0.25) is 11.2 Å². The van der Waals surface area contributed by atoms with Gasteiger partial charge < -0.3 is 39.5 Å². The number of fused-ring (bicyclic) bond motifs is 2. The number of phenolic OH excluding ortho intramolecular Hbond substituents is 5. The van der Waals surface area contributed by atoms with Crippen LogP contribution in [0.25, 0.3) is 33.3 Å². The van der Waals surface area contributed by atoms with Crippen LogP contribution in [0.4, 0.5) is 0 Å². The molecule has 0 aliphatic rings. The molecule has 40 heavy (non-hydrogen) atoms. The van der Waals surface area contributed by atoms with Crippen molar-refractivity contribution in [3.63, 3.8) is 0 Å². The van der Waals surface area contributed by atoms with Crippen LogP contribution in [-0.4, -0.2) is 30.6 Å². The molecule has 10 heteroatoms. The number of allylic oxidation sites excluding steroid dienone is 2. The highest BCUT2D eigenvalue weighted by Crippen LogP contribution is 2.36. The van der Waals surface area contributed by atoms with Gasteiger partial charge in [0.15, 0.2) is 22.7 Å². The molecular formula is C30H26O10. The second kappa shape index (κ2) is 10.8. The number of benzene rings is 3. The zero-order valence-electron chi connectivity index (χ0n) is 21.7. The fourth-order valence-electron chi connectivity index (χ4n) is 3.99. The zero-order valence-corrected chi connectivity index (χ0v) is 21.7. The lowest BCUT2D eigenvalue weighted by Gasteiger charge is -2.08. The van der Waals surface area contributed by atoms with Gasteiger partial charge in [-0.15, -0.1) is 0 Å². The molecule has 0 aliphatic carbocycles. The molecule has 0 saturated carbocycles. The fourth-order valence-corrected chi connectivity index (χ4v) is 3.99. The molecule has 3 aromatic carbocycles. The van der Waals surface area contributed by atoms with Crippen LogP contribution in [-0.2, 0) is 6.42 Å². The molecular weight excluding hydrogens is 520 g/mol. The predicted octanol–water partition coefficient (Wildman–Crippen LogP) is 5.30. The second-order valence-corrected chi connectivity index (χ2v) is 9.30. The van der Waals surface area contributed by atoms with Gasteiger partial charge in [-0.05, 0) is 57.5 Å². The molecule has 6 N–H and O–H groups in total. The van der Waals surface area contributed by atoms with Crippen LogP contribution in [0.3, 0.4) is 0 Å². The number of aromatic hydroxyl groups is 6. The van der Waals surface area contributed by atoms with E-state index in [-0.39, 0.29) is 61.7 Å². The van der Waals surface area contributed by atoms with Crippen LogP contribution >= 0.6 is 0 Å². The number of aryl methyl sites for hydroxylation is 1. The highest BCUT2D eigenvalue weighted by molar-refractivity contribution is 5.87. The molecule has 0 aliphatic heterocycles. The quantitative estimate of drug-likeness (QED) is 0.128. The summed E-state index contributed by atoms with van der Waals surface area (Å²) < 4.78 is 10.8. The predicted molar refractivity (Wildman–Crippen MR) is 148 cm³/mol. The van der Waals surface area contributed by atoms with E-state index in [2.05, 4.69) is 0 Å². The lowest BCUT2D eigenvalue weighted by Crippen LogP contribution is -2.02. The Morgan fingerprint density at radius 1 is 0.775 bits per heavy atom. The summed E-state index contributed by atoms with van der Waals surface area (Å²) in [7, 11) is 0. The molecule has 0 radical (unpaired) electrons. The standard InChI is InChI=1S/C15H10O6.C15H16O4/c16-8-2-3-9-12(6-8)21-15(14(20)13(9)19)7-1-4-10(17)11(18)5-7;1-8(2)4-5-10-11(16)7-13-14(15(10)18)12(17)6-9(3)19-13/h1-6,16-18,20H;4,6-7,16,18H,5H2,1-3H3. The number of rotatable bonds is 3. The molecule has 206 valence electrons. The highest BCUT2D eigenvalue weighted by atomic mass is 16.4. The Hall–Kier alpha value is -5.38. The van der Waals surface area contributed by atoms with Gasteiger partial charge in [0.05, 0.1) is 5.39 Å². The molecule has 0 bridgehead atoms. The number of phenols is 5. The van der Waals surface area contributed by atoms with E-state index in [0.29, 0.717) is 17.7 Å². The van der Waals surface area contributed by atoms with Crippen LogP contribution in [0.5, 0.6) is 34.5 Å². The Kier molecular flexibility index (Phi) is 7.45. The molecule has 0 spiro atoms. The van der Waals surface area contributed by atoms with E-state index in [4.69, 9.17) is 8.83 Å². The van der Waals surface area contributed by atoms with Crippen molar-refractivity contribution in [2.45, 2.75) is 27.2 Å². The molecule has 10 nitrogen and oxygen atoms in total. The van der Waals surface area contributed by atoms with Crippen LogP contribution < -0.4 is 10.9 Å². The van der Waals surface area contributed by atoms with Crippen molar-refractivity contribution in [1.29, 1.82) is 0 Å². The van der Waals surface area contributed by atoms with Crippen molar-refractivity contribution in [2.75, 3.05) is 0 Å². The normalized spacial score (nSPS) is 10.8. The summed E-state index contributed by atoms with van der Waals surface area (Å²) in [5, 5.41) is 58.5. The summed E-state index contributed by atoms with van der Waals surface area (Å²) in [6, 6.07) is 10.3. The molecule has 5 aromatic rings. The summed E-state index contributed by atoms with van der Waals surface area (Å²) >= 11 is 0. The average molecular weight is 547 g/mol. The van der Waals surface area contributed by atoms with Crippen molar-refractivity contribution < 1.29 is 39.5 Å². The third-order valence-corrected chi connectivity index (χ3v) is 6.00. The maximum atomic E-state index is 12.1. The molecule has 0 atom stereocenters. The molecule has 0 fully saturated rings. The molecule has 5 rings (SSSR count). The van der Waals surface area contributed by atoms with E-state index in [1.165, 1.54) is 42.5 Å². The smallest absolute Gasteiger partial charge is 0.235 e. The van der Waals surface area contributed by atoms with Crippen LogP contribution in [0, 0.1) is 6.92 Å². The van der Waals surface area contributed by atoms with Gasteiger partial charge in [-0.3, -0.25) is 9.59 Å². The van der Waals surface area contributed by atoms with Crippen LogP contribution in [0.15, 0.2) is 78.6 Å². The summed E-state index contributed by atoms with van der Waals surface area (Å²) in [6.07, 6.45) is 2.24. The maximum Gasteiger partial charge on any atom is 0.235 e. The van der Waals surface area contributed by atoms with Gasteiger partial charge in [-0.1, -0.05) is 11.6 Å². The summed E-state index contributed by atoms with van der Waals surface area (Å²) in [6.45, 7) is 5.49. The first-order valence-corrected chi connectivity index (χ1v) is 12.0. The minimum atomic E-state index is -0.654. The van der Waals surface area contributed by atoms with Crippen molar-refractivity contribution in [3.8, 4) is 45.8 Å². The Labute approximate surface area is 226 Å². The van der Waals surface area contributed by atoms with Crippen LogP contribution in [0.1, 0.15) is 25.2 Å². The molecule has 0 unspecified atom stereocenters. The first kappa shape index (κ1) is 27.6. The maximum absolute atomic E-state index is 12.1. The van der Waals surface area contributed by atoms with Gasteiger partial charge in [0.1, 0.15) is 39.6 Å². The summed E-state index contributed by atoms with van der Waals surface area (Å²) in [5.74, 6) is -1.45. The Morgan fingerprint density at radius 3 is 2.17 bits per heavy atom. The van der Waals surface area contributed by atoms with E-state index in [1.807, 2.05) is 19.9 Å². The van der Waals surface area contributed by atoms with Crippen molar-refractivity contribution >= 4 is 21.9 Å². The van der Waals surface area contributed by atoms with E-state index in [0.717, 1.165) is 11.6 Å². The first-order chi connectivity index (χ1) is 18.9. The zero-order chi connectivity index (χ0) is 29.3. The fraction of sp³-hybridized carbons (Fsp3) is 0.133. The highest BCUT2D eigenvalue weighted by Gasteiger charge is 2.17.